The van der Waals surface area contributed by atoms with E-state index in [4.69, 9.17) is 16.3 Å². The molecule has 0 radical (unpaired) electrons. The molecule has 23 heavy (non-hydrogen) atoms. The van der Waals surface area contributed by atoms with Crippen LogP contribution in [0.2, 0.25) is 0 Å². The van der Waals surface area contributed by atoms with E-state index in [1.807, 2.05) is 30.3 Å². The van der Waals surface area contributed by atoms with Crippen LogP contribution in [-0.4, -0.2) is 5.97 Å². The van der Waals surface area contributed by atoms with Crippen molar-refractivity contribution in [3.8, 4) is 5.75 Å². The maximum Gasteiger partial charge on any atom is 0.344 e. The fourth-order valence-corrected chi connectivity index (χ4v) is 3.18. The van der Waals surface area contributed by atoms with Crippen LogP contribution in [0.25, 0.3) is 6.08 Å². The summed E-state index contributed by atoms with van der Waals surface area (Å²) in [6, 6.07) is 12.9. The molecule has 0 N–H and O–H groups in total. The van der Waals surface area contributed by atoms with Gasteiger partial charge in [0.25, 0.3) is 0 Å². The zero-order chi connectivity index (χ0) is 17.0. The molecule has 6 heteroatoms. The minimum absolute atomic E-state index is 0.0847. The van der Waals surface area contributed by atoms with Crippen molar-refractivity contribution >= 4 is 71.4 Å². The second kappa shape index (κ2) is 8.29. The summed E-state index contributed by atoms with van der Waals surface area (Å²) in [5, 5.41) is 0.230. The maximum atomic E-state index is 12.2. The molecule has 0 saturated carbocycles. The van der Waals surface area contributed by atoms with Crippen molar-refractivity contribution < 1.29 is 9.53 Å². The Hall–Kier alpha value is -0.880. The Balaban J connectivity index is 2.16. The highest BCUT2D eigenvalue weighted by Gasteiger charge is 2.16. The molecule has 0 spiro atoms. The fraction of sp³-hybridized carbons (Fsp3) is 0. The van der Waals surface area contributed by atoms with E-state index in [9.17, 15) is 4.79 Å². The van der Waals surface area contributed by atoms with E-state index < -0.39 is 5.97 Å². The first-order valence-electron chi connectivity index (χ1n) is 6.37. The second-order valence-corrected chi connectivity index (χ2v) is 7.29. The van der Waals surface area contributed by atoms with Crippen LogP contribution in [0, 0.1) is 0 Å². The normalized spacial score (nSPS) is 11.2. The predicted molar refractivity (Wildman–Crippen MR) is 105 cm³/mol. The van der Waals surface area contributed by atoms with Crippen LogP contribution in [0.3, 0.4) is 0 Å². The molecule has 2 nitrogen and oxygen atoms in total. The van der Waals surface area contributed by atoms with E-state index in [-0.39, 0.29) is 10.6 Å². The van der Waals surface area contributed by atoms with Crippen molar-refractivity contribution in [1.82, 2.24) is 0 Å². The lowest BCUT2D eigenvalue weighted by Crippen LogP contribution is -2.11. The number of ether oxygens (including phenoxy) is 1. The van der Waals surface area contributed by atoms with E-state index in [1.165, 1.54) is 0 Å². The van der Waals surface area contributed by atoms with Gasteiger partial charge in [-0.05, 0) is 71.6 Å². The lowest BCUT2D eigenvalue weighted by Gasteiger charge is -2.10. The predicted octanol–water partition coefficient (Wildman–Crippen LogP) is 6.72. The molecule has 0 saturated heterocycles. The van der Waals surface area contributed by atoms with Gasteiger partial charge in [-0.2, -0.15) is 0 Å². The van der Waals surface area contributed by atoms with Gasteiger partial charge in [0.2, 0.25) is 0 Å². The monoisotopic (exact) mass is 518 g/mol. The van der Waals surface area contributed by atoms with Crippen molar-refractivity contribution in [3.05, 3.63) is 78.6 Å². The number of hydrogen-bond acceptors (Lipinski definition) is 2. The molecule has 0 heterocycles. The molecule has 0 atom stereocenters. The van der Waals surface area contributed by atoms with Gasteiger partial charge in [0.05, 0.1) is 15.1 Å². The van der Waals surface area contributed by atoms with E-state index >= 15 is 0 Å². The Morgan fingerprint density at radius 2 is 1.70 bits per heavy atom. The molecule has 0 fully saturated rings. The van der Waals surface area contributed by atoms with E-state index in [0.717, 1.165) is 14.5 Å². The minimum atomic E-state index is -0.614. The minimum Gasteiger partial charge on any atom is -0.422 e. The molecule has 0 aliphatic carbocycles. The summed E-state index contributed by atoms with van der Waals surface area (Å²) in [5.74, 6) is -0.243. The van der Waals surface area contributed by atoms with Gasteiger partial charge in [-0.25, -0.2) is 4.79 Å². The number of carbonyl (C=O) groups excluding carboxylic acids is 1. The van der Waals surface area contributed by atoms with Crippen LogP contribution < -0.4 is 4.74 Å². The van der Waals surface area contributed by atoms with Gasteiger partial charge >= 0.3 is 5.97 Å². The lowest BCUT2D eigenvalue weighted by atomic mass is 10.1. The van der Waals surface area contributed by atoms with Crippen molar-refractivity contribution in [2.75, 3.05) is 0 Å². The van der Waals surface area contributed by atoms with Crippen LogP contribution in [0.5, 0.6) is 5.75 Å². The van der Waals surface area contributed by atoms with Crippen LogP contribution in [-0.2, 0) is 4.79 Å². The van der Waals surface area contributed by atoms with Crippen molar-refractivity contribution in [1.29, 1.82) is 0 Å². The molecule has 0 aliphatic heterocycles. The van der Waals surface area contributed by atoms with E-state index in [0.29, 0.717) is 10.2 Å². The highest BCUT2D eigenvalue weighted by molar-refractivity contribution is 9.14. The average molecular weight is 521 g/mol. The summed E-state index contributed by atoms with van der Waals surface area (Å²) in [6.07, 6.45) is 1.66. The molecule has 2 aromatic rings. The molecular formula is C17H10Br3ClO2. The lowest BCUT2D eigenvalue weighted by molar-refractivity contribution is -0.129. The van der Waals surface area contributed by atoms with Gasteiger partial charge in [-0.1, -0.05) is 48.5 Å². The number of rotatable bonds is 4. The van der Waals surface area contributed by atoms with Gasteiger partial charge in [0, 0.05) is 8.95 Å². The Morgan fingerprint density at radius 3 is 2.35 bits per heavy atom. The number of esters is 1. The third-order valence-corrected chi connectivity index (χ3v) is 6.50. The molecule has 0 unspecified atom stereocenters. The summed E-state index contributed by atoms with van der Waals surface area (Å²) < 4.78 is 7.55. The van der Waals surface area contributed by atoms with Gasteiger partial charge in [-0.3, -0.25) is 0 Å². The zero-order valence-electron chi connectivity index (χ0n) is 11.7. The van der Waals surface area contributed by atoms with Gasteiger partial charge in [0.15, 0.2) is 0 Å². The quantitative estimate of drug-likeness (QED) is 0.147. The molecule has 0 aliphatic rings. The van der Waals surface area contributed by atoms with E-state index in [2.05, 4.69) is 54.4 Å². The van der Waals surface area contributed by atoms with Gasteiger partial charge in [-0.15, -0.1) is 0 Å². The Kier molecular flexibility index (Phi) is 6.65. The van der Waals surface area contributed by atoms with Crippen molar-refractivity contribution in [3.63, 3.8) is 0 Å². The molecule has 0 amide bonds. The smallest absolute Gasteiger partial charge is 0.344 e. The van der Waals surface area contributed by atoms with Crippen molar-refractivity contribution in [2.24, 2.45) is 0 Å². The highest BCUT2D eigenvalue weighted by Crippen LogP contribution is 2.38. The SMILES string of the molecule is C=C(C(=O)Oc1ccc(Br)c(Br)c1Br)C(Cl)=Cc1ccccc1. The first-order valence-corrected chi connectivity index (χ1v) is 9.13. The molecule has 0 bridgehead atoms. The summed E-state index contributed by atoms with van der Waals surface area (Å²) in [5.41, 5.74) is 0.959. The Labute approximate surface area is 164 Å². The van der Waals surface area contributed by atoms with E-state index in [1.54, 1.807) is 18.2 Å². The summed E-state index contributed by atoms with van der Waals surface area (Å²) >= 11 is 16.3. The fourth-order valence-electron chi connectivity index (χ4n) is 1.63. The summed E-state index contributed by atoms with van der Waals surface area (Å²) in [6.45, 7) is 3.71. The van der Waals surface area contributed by atoms with Crippen LogP contribution in [0.4, 0.5) is 0 Å². The van der Waals surface area contributed by atoms with Crippen LogP contribution >= 0.6 is 59.4 Å². The average Bonchev–Trinajstić information content (AvgIpc) is 2.55. The summed E-state index contributed by atoms with van der Waals surface area (Å²) in [7, 11) is 0. The maximum absolute atomic E-state index is 12.2. The zero-order valence-corrected chi connectivity index (χ0v) is 17.2. The molecule has 0 aromatic heterocycles. The van der Waals surface area contributed by atoms with Crippen molar-refractivity contribution in [2.45, 2.75) is 0 Å². The molecule has 2 rings (SSSR count). The first-order chi connectivity index (χ1) is 10.9. The molecule has 118 valence electrons. The number of carbonyl (C=O) groups is 1. The Morgan fingerprint density at radius 1 is 1.04 bits per heavy atom. The van der Waals surface area contributed by atoms with Crippen LogP contribution in [0.1, 0.15) is 5.56 Å². The van der Waals surface area contributed by atoms with Gasteiger partial charge < -0.3 is 4.74 Å². The standard InChI is InChI=1S/C17H10Br3ClO2/c1-10(13(21)9-11-5-3-2-4-6-11)17(22)23-14-8-7-12(18)15(19)16(14)20/h2-9H,1H2. The number of halogens is 4. The second-order valence-electron chi connectivity index (χ2n) is 4.44. The highest BCUT2D eigenvalue weighted by atomic mass is 79.9. The summed E-state index contributed by atoms with van der Waals surface area (Å²) in [4.78, 5) is 12.2. The third-order valence-electron chi connectivity index (χ3n) is 2.83. The molecule has 2 aromatic carbocycles. The first kappa shape index (κ1) is 18.5. The van der Waals surface area contributed by atoms with Gasteiger partial charge in [0.1, 0.15) is 5.75 Å². The number of benzene rings is 2. The topological polar surface area (TPSA) is 26.3 Å². The molecular weight excluding hydrogens is 511 g/mol. The largest absolute Gasteiger partial charge is 0.422 e. The van der Waals surface area contributed by atoms with Crippen LogP contribution in [0.15, 0.2) is 73.1 Å². The Bertz CT molecular complexity index is 786. The third kappa shape index (κ3) is 4.80. The number of hydrogen-bond donors (Lipinski definition) is 0.